The lowest BCUT2D eigenvalue weighted by Gasteiger charge is -2.17. The fraction of sp³-hybridized carbons (Fsp3) is 0.688. The third kappa shape index (κ3) is 5.48. The van der Waals surface area contributed by atoms with Gasteiger partial charge in [0, 0.05) is 5.41 Å². The Morgan fingerprint density at radius 1 is 1.13 bits per heavy atom. The highest BCUT2D eigenvalue weighted by Crippen LogP contribution is 2.52. The largest absolute Gasteiger partial charge is 0.464 e. The first kappa shape index (κ1) is 19.9. The second kappa shape index (κ2) is 8.13. The summed E-state index contributed by atoms with van der Waals surface area (Å²) in [4.78, 5) is 12.1. The molecule has 0 aliphatic heterocycles. The molecule has 0 radical (unpaired) electrons. The Morgan fingerprint density at radius 2 is 1.70 bits per heavy atom. The predicted octanol–water partition coefficient (Wildman–Crippen LogP) is 4.52. The molecule has 0 aromatic carbocycles. The van der Waals surface area contributed by atoms with E-state index in [4.69, 9.17) is 18.2 Å². The van der Waals surface area contributed by atoms with E-state index in [0.717, 1.165) is 0 Å². The van der Waals surface area contributed by atoms with Gasteiger partial charge in [0.1, 0.15) is 23.2 Å². The van der Waals surface area contributed by atoms with Gasteiger partial charge in [0.05, 0.1) is 19.8 Å². The van der Waals surface area contributed by atoms with Gasteiger partial charge < -0.3 is 18.2 Å². The van der Waals surface area contributed by atoms with Crippen LogP contribution in [0.25, 0.3) is 0 Å². The maximum Gasteiger partial charge on any atom is 0.341 e. The molecule has 0 unspecified atom stereocenters. The molecule has 1 aromatic rings. The van der Waals surface area contributed by atoms with Gasteiger partial charge in [0.2, 0.25) is 0 Å². The maximum absolute atomic E-state index is 12.6. The van der Waals surface area contributed by atoms with Gasteiger partial charge in [-0.05, 0) is 26.8 Å². The molecule has 1 heterocycles. The molecule has 0 saturated heterocycles. The molecule has 0 fully saturated rings. The molecule has 23 heavy (non-hydrogen) atoms. The summed E-state index contributed by atoms with van der Waals surface area (Å²) >= 11 is 0. The molecule has 0 N–H and O–H groups in total. The van der Waals surface area contributed by atoms with Crippen molar-refractivity contribution < 1.29 is 27.6 Å². The number of esters is 1. The fourth-order valence-corrected chi connectivity index (χ4v) is 3.73. The van der Waals surface area contributed by atoms with E-state index in [1.54, 1.807) is 26.8 Å². The van der Waals surface area contributed by atoms with Crippen molar-refractivity contribution in [3.8, 4) is 0 Å². The summed E-state index contributed by atoms with van der Waals surface area (Å²) in [5.74, 6) is 0.448. The van der Waals surface area contributed by atoms with Gasteiger partial charge in [-0.2, -0.15) is 0 Å². The van der Waals surface area contributed by atoms with E-state index < -0.39 is 13.6 Å². The zero-order chi connectivity index (χ0) is 17.7. The van der Waals surface area contributed by atoms with E-state index in [1.807, 2.05) is 20.8 Å². The lowest BCUT2D eigenvalue weighted by atomic mass is 9.90. The van der Waals surface area contributed by atoms with Crippen LogP contribution in [0.3, 0.4) is 0 Å². The molecule has 0 atom stereocenters. The smallest absolute Gasteiger partial charge is 0.341 e. The van der Waals surface area contributed by atoms with Crippen LogP contribution < -0.4 is 0 Å². The van der Waals surface area contributed by atoms with E-state index >= 15 is 0 Å². The Balaban J connectivity index is 3.18. The first-order valence-electron chi connectivity index (χ1n) is 7.85. The number of ether oxygens (including phenoxy) is 1. The standard InChI is InChI=1S/C16H27O6P/c1-7-19-15(17)13-10-12(22-14(13)16(4,5)6)11-23(18,20-8-2)21-9-3/h10H,7-9,11H2,1-6H3. The van der Waals surface area contributed by atoms with Crippen LogP contribution in [-0.4, -0.2) is 25.8 Å². The second-order valence-electron chi connectivity index (χ2n) is 6.03. The van der Waals surface area contributed by atoms with Crippen molar-refractivity contribution in [2.24, 2.45) is 0 Å². The molecular formula is C16H27O6P. The van der Waals surface area contributed by atoms with Crippen LogP contribution in [-0.2, 0) is 29.9 Å². The lowest BCUT2D eigenvalue weighted by molar-refractivity contribution is 0.0521. The van der Waals surface area contributed by atoms with Gasteiger partial charge in [0.25, 0.3) is 0 Å². The Bertz CT molecular complexity index is 560. The quantitative estimate of drug-likeness (QED) is 0.509. The summed E-state index contributed by atoms with van der Waals surface area (Å²) in [6.45, 7) is 11.9. The molecule has 0 aliphatic rings. The summed E-state index contributed by atoms with van der Waals surface area (Å²) in [7, 11) is -3.29. The van der Waals surface area contributed by atoms with E-state index in [1.165, 1.54) is 0 Å². The molecule has 0 spiro atoms. The molecule has 1 rings (SSSR count). The number of rotatable bonds is 8. The van der Waals surface area contributed by atoms with Gasteiger partial charge in [-0.15, -0.1) is 0 Å². The number of hydrogen-bond donors (Lipinski definition) is 0. The third-order valence-electron chi connectivity index (χ3n) is 2.96. The lowest BCUT2D eigenvalue weighted by Crippen LogP contribution is -2.16. The molecule has 0 bridgehead atoms. The zero-order valence-corrected chi connectivity index (χ0v) is 15.7. The van der Waals surface area contributed by atoms with Gasteiger partial charge in [-0.1, -0.05) is 20.8 Å². The first-order chi connectivity index (χ1) is 10.7. The first-order valence-corrected chi connectivity index (χ1v) is 9.58. The Morgan fingerprint density at radius 3 is 2.13 bits per heavy atom. The molecular weight excluding hydrogens is 319 g/mol. The molecule has 6 nitrogen and oxygen atoms in total. The molecule has 0 amide bonds. The highest BCUT2D eigenvalue weighted by Gasteiger charge is 2.32. The molecule has 0 aliphatic carbocycles. The van der Waals surface area contributed by atoms with Crippen molar-refractivity contribution >= 4 is 13.6 Å². The van der Waals surface area contributed by atoms with E-state index in [-0.39, 0.29) is 31.4 Å². The minimum absolute atomic E-state index is 0.0167. The zero-order valence-electron chi connectivity index (χ0n) is 14.8. The van der Waals surface area contributed by atoms with Crippen LogP contribution in [0.2, 0.25) is 0 Å². The summed E-state index contributed by atoms with van der Waals surface area (Å²) in [6, 6.07) is 1.57. The fourth-order valence-electron chi connectivity index (χ4n) is 2.15. The van der Waals surface area contributed by atoms with Gasteiger partial charge in [-0.25, -0.2) is 4.79 Å². The summed E-state index contributed by atoms with van der Waals surface area (Å²) in [5, 5.41) is 0. The van der Waals surface area contributed by atoms with Crippen molar-refractivity contribution in [1.29, 1.82) is 0 Å². The number of furan rings is 1. The topological polar surface area (TPSA) is 75.0 Å². The van der Waals surface area contributed by atoms with Gasteiger partial charge in [-0.3, -0.25) is 4.57 Å². The van der Waals surface area contributed by atoms with E-state index in [0.29, 0.717) is 17.1 Å². The summed E-state index contributed by atoms with van der Waals surface area (Å²) in [5.41, 5.74) is -0.0319. The van der Waals surface area contributed by atoms with Crippen molar-refractivity contribution in [3.63, 3.8) is 0 Å². The normalized spacial score (nSPS) is 12.4. The third-order valence-corrected chi connectivity index (χ3v) is 4.96. The average molecular weight is 346 g/mol. The van der Waals surface area contributed by atoms with Crippen LogP contribution in [0.5, 0.6) is 0 Å². The van der Waals surface area contributed by atoms with E-state index in [9.17, 15) is 9.36 Å². The van der Waals surface area contributed by atoms with Gasteiger partial charge >= 0.3 is 13.6 Å². The van der Waals surface area contributed by atoms with E-state index in [2.05, 4.69) is 0 Å². The molecule has 7 heteroatoms. The Hall–Kier alpha value is -1.10. The van der Waals surface area contributed by atoms with Crippen molar-refractivity contribution in [2.75, 3.05) is 19.8 Å². The maximum atomic E-state index is 12.6. The van der Waals surface area contributed by atoms with Gasteiger partial charge in [0.15, 0.2) is 0 Å². The predicted molar refractivity (Wildman–Crippen MR) is 87.9 cm³/mol. The van der Waals surface area contributed by atoms with Crippen molar-refractivity contribution in [1.82, 2.24) is 0 Å². The molecule has 0 saturated carbocycles. The monoisotopic (exact) mass is 346 g/mol. The molecule has 1 aromatic heterocycles. The molecule has 132 valence electrons. The minimum atomic E-state index is -3.29. The Labute approximate surface area is 138 Å². The summed E-state index contributed by atoms with van der Waals surface area (Å²) < 4.78 is 34.0. The van der Waals surface area contributed by atoms with Crippen molar-refractivity contribution in [3.05, 3.63) is 23.2 Å². The van der Waals surface area contributed by atoms with Crippen molar-refractivity contribution in [2.45, 2.75) is 53.1 Å². The minimum Gasteiger partial charge on any atom is -0.464 e. The van der Waals surface area contributed by atoms with Crippen LogP contribution in [0.4, 0.5) is 0 Å². The second-order valence-corrected chi connectivity index (χ2v) is 8.08. The highest BCUT2D eigenvalue weighted by molar-refractivity contribution is 7.53. The van der Waals surface area contributed by atoms with Crippen LogP contribution in [0.15, 0.2) is 10.5 Å². The average Bonchev–Trinajstić information content (AvgIpc) is 2.83. The summed E-state index contributed by atoms with van der Waals surface area (Å²) in [6.07, 6.45) is -0.0167. The van der Waals surface area contributed by atoms with Crippen LogP contribution >= 0.6 is 7.60 Å². The number of carbonyl (C=O) groups is 1. The number of carbonyl (C=O) groups excluding carboxylic acids is 1. The Kier molecular flexibility index (Phi) is 7.05. The van der Waals surface area contributed by atoms with Crippen LogP contribution in [0.1, 0.15) is 63.4 Å². The highest BCUT2D eigenvalue weighted by atomic mass is 31.2. The van der Waals surface area contributed by atoms with Crippen LogP contribution in [0, 0.1) is 0 Å². The number of hydrogen-bond acceptors (Lipinski definition) is 6. The SMILES string of the molecule is CCOC(=O)c1cc(CP(=O)(OCC)OCC)oc1C(C)(C)C.